The maximum Gasteiger partial charge on any atom is 0.272 e. The molecule has 1 atom stereocenters. The van der Waals surface area contributed by atoms with Crippen LogP contribution in [0.5, 0.6) is 5.75 Å². The number of imidazole rings is 1. The molecule has 2 heterocycles. The first-order chi connectivity index (χ1) is 14.1. The summed E-state index contributed by atoms with van der Waals surface area (Å²) in [5.41, 5.74) is 2.10. The number of aryl methyl sites for hydroxylation is 1. The molecule has 0 bridgehead atoms. The van der Waals surface area contributed by atoms with Gasteiger partial charge in [-0.15, -0.1) is 0 Å². The number of hydrogen-bond donors (Lipinski definition) is 1. The van der Waals surface area contributed by atoms with Crippen molar-refractivity contribution in [3.05, 3.63) is 65.5 Å². The first-order valence-electron chi connectivity index (χ1n) is 10.1. The zero-order valence-corrected chi connectivity index (χ0v) is 18.8. The third-order valence-corrected chi connectivity index (χ3v) is 5.02. The molecule has 0 spiro atoms. The number of benzene rings is 1. The molecule has 1 N–H and O–H groups in total. The number of nitrogens with zero attached hydrogens (tertiary/aromatic N) is 4. The monoisotopic (exact) mass is 409 g/mol. The summed E-state index contributed by atoms with van der Waals surface area (Å²) in [5, 5.41) is 7.76. The number of amides is 1. The van der Waals surface area contributed by atoms with Crippen LogP contribution < -0.4 is 10.1 Å². The molecule has 1 aromatic carbocycles. The van der Waals surface area contributed by atoms with E-state index in [-0.39, 0.29) is 17.4 Å². The third kappa shape index (κ3) is 4.40. The van der Waals surface area contributed by atoms with Crippen LogP contribution in [0.25, 0.3) is 0 Å². The number of carbonyl (C=O) groups excluding carboxylic acids is 1. The molecule has 0 radical (unpaired) electrons. The van der Waals surface area contributed by atoms with Crippen LogP contribution in [-0.4, -0.2) is 32.3 Å². The molecule has 0 aliphatic rings. The quantitative estimate of drug-likeness (QED) is 0.667. The van der Waals surface area contributed by atoms with Crippen molar-refractivity contribution in [1.29, 1.82) is 0 Å². The fraction of sp³-hybridized carbons (Fsp3) is 0.435. The Kier molecular flexibility index (Phi) is 6.01. The van der Waals surface area contributed by atoms with Crippen LogP contribution in [0.4, 0.5) is 0 Å². The number of rotatable bonds is 6. The fourth-order valence-electron chi connectivity index (χ4n) is 3.43. The zero-order chi connectivity index (χ0) is 22.1. The Morgan fingerprint density at radius 3 is 2.47 bits per heavy atom. The van der Waals surface area contributed by atoms with Crippen LogP contribution in [0.3, 0.4) is 0 Å². The van der Waals surface area contributed by atoms with E-state index < -0.39 is 6.04 Å². The molecule has 2 aromatic heterocycles. The average Bonchev–Trinajstić information content (AvgIpc) is 3.32. The number of hydrogen-bond acceptors (Lipinski definition) is 4. The van der Waals surface area contributed by atoms with Gasteiger partial charge in [0.15, 0.2) is 5.69 Å². The maximum atomic E-state index is 13.2. The topological polar surface area (TPSA) is 74.0 Å². The standard InChI is InChI=1S/C23H31N5O2/c1-15(2)19-14-18(26-28(19)23(3,4)5)22(29)25-20(21-24-11-12-27(21)6)16-9-8-10-17(13-16)30-7/h8-15,20H,1-7H3,(H,25,29). The summed E-state index contributed by atoms with van der Waals surface area (Å²) in [6, 6.07) is 9.09. The minimum atomic E-state index is -0.435. The second-order valence-corrected chi connectivity index (χ2v) is 8.77. The molecule has 7 heteroatoms. The summed E-state index contributed by atoms with van der Waals surface area (Å²) in [7, 11) is 3.53. The summed E-state index contributed by atoms with van der Waals surface area (Å²) in [6.45, 7) is 10.5. The molecule has 160 valence electrons. The van der Waals surface area contributed by atoms with Crippen molar-refractivity contribution in [1.82, 2.24) is 24.6 Å². The highest BCUT2D eigenvalue weighted by atomic mass is 16.5. The van der Waals surface area contributed by atoms with Crippen LogP contribution in [-0.2, 0) is 12.6 Å². The lowest BCUT2D eigenvalue weighted by atomic mass is 10.0. The van der Waals surface area contributed by atoms with Crippen LogP contribution >= 0.6 is 0 Å². The molecule has 3 rings (SSSR count). The van der Waals surface area contributed by atoms with Crippen molar-refractivity contribution in [3.63, 3.8) is 0 Å². The van der Waals surface area contributed by atoms with Crippen molar-refractivity contribution in [2.24, 2.45) is 7.05 Å². The first kappa shape index (κ1) is 21.6. The summed E-state index contributed by atoms with van der Waals surface area (Å²) >= 11 is 0. The molecule has 0 aliphatic carbocycles. The highest BCUT2D eigenvalue weighted by Crippen LogP contribution is 2.26. The number of methoxy groups -OCH3 is 1. The van der Waals surface area contributed by atoms with Gasteiger partial charge in [0.2, 0.25) is 0 Å². The minimum absolute atomic E-state index is 0.218. The summed E-state index contributed by atoms with van der Waals surface area (Å²) < 4.78 is 9.21. The summed E-state index contributed by atoms with van der Waals surface area (Å²) in [5.74, 6) is 1.47. The Hall–Kier alpha value is -3.09. The van der Waals surface area contributed by atoms with E-state index >= 15 is 0 Å². The SMILES string of the molecule is COc1cccc(C(NC(=O)c2cc(C(C)C)n(C(C)(C)C)n2)c2nccn2C)c1. The van der Waals surface area contributed by atoms with Gasteiger partial charge in [-0.1, -0.05) is 26.0 Å². The molecular formula is C23H31N5O2. The van der Waals surface area contributed by atoms with Crippen molar-refractivity contribution < 1.29 is 9.53 Å². The van der Waals surface area contributed by atoms with E-state index in [1.165, 1.54) is 0 Å². The molecular weight excluding hydrogens is 378 g/mol. The van der Waals surface area contributed by atoms with Crippen molar-refractivity contribution >= 4 is 5.91 Å². The van der Waals surface area contributed by atoms with Crippen molar-refractivity contribution in [2.45, 2.75) is 52.1 Å². The lowest BCUT2D eigenvalue weighted by Crippen LogP contribution is -2.32. The summed E-state index contributed by atoms with van der Waals surface area (Å²) in [4.78, 5) is 17.7. The van der Waals surface area contributed by atoms with Gasteiger partial charge in [0.1, 0.15) is 17.6 Å². The predicted molar refractivity (Wildman–Crippen MR) is 117 cm³/mol. The number of carbonyl (C=O) groups is 1. The lowest BCUT2D eigenvalue weighted by Gasteiger charge is -2.23. The smallest absolute Gasteiger partial charge is 0.272 e. The molecule has 0 saturated carbocycles. The van der Waals surface area contributed by atoms with Gasteiger partial charge in [0.25, 0.3) is 5.91 Å². The van der Waals surface area contributed by atoms with Crippen LogP contribution in [0.1, 0.15) is 74.1 Å². The first-order valence-corrected chi connectivity index (χ1v) is 10.1. The largest absolute Gasteiger partial charge is 0.497 e. The average molecular weight is 410 g/mol. The maximum absolute atomic E-state index is 13.2. The molecule has 1 amide bonds. The van der Waals surface area contributed by atoms with E-state index in [0.717, 1.165) is 22.8 Å². The lowest BCUT2D eigenvalue weighted by molar-refractivity contribution is 0.0934. The van der Waals surface area contributed by atoms with Gasteiger partial charge in [0.05, 0.1) is 12.6 Å². The van der Waals surface area contributed by atoms with E-state index in [0.29, 0.717) is 5.69 Å². The Bertz CT molecular complexity index is 1030. The van der Waals surface area contributed by atoms with E-state index in [2.05, 4.69) is 50.0 Å². The molecule has 0 fully saturated rings. The van der Waals surface area contributed by atoms with Crippen LogP contribution in [0.15, 0.2) is 42.7 Å². The third-order valence-electron chi connectivity index (χ3n) is 5.02. The van der Waals surface area contributed by atoms with E-state index in [4.69, 9.17) is 4.74 Å². The van der Waals surface area contributed by atoms with Gasteiger partial charge in [-0.25, -0.2) is 4.98 Å². The Balaban J connectivity index is 1.99. The number of ether oxygens (including phenoxy) is 1. The van der Waals surface area contributed by atoms with Gasteiger partial charge in [-0.2, -0.15) is 5.10 Å². The second-order valence-electron chi connectivity index (χ2n) is 8.77. The van der Waals surface area contributed by atoms with Gasteiger partial charge >= 0.3 is 0 Å². The van der Waals surface area contributed by atoms with Crippen molar-refractivity contribution in [2.75, 3.05) is 7.11 Å². The van der Waals surface area contributed by atoms with Gasteiger partial charge in [-0.3, -0.25) is 9.48 Å². The Morgan fingerprint density at radius 2 is 1.93 bits per heavy atom. The van der Waals surface area contributed by atoms with E-state index in [1.54, 1.807) is 13.3 Å². The second kappa shape index (κ2) is 8.34. The number of aromatic nitrogens is 4. The number of nitrogens with one attached hydrogen (secondary N) is 1. The molecule has 0 saturated heterocycles. The highest BCUT2D eigenvalue weighted by molar-refractivity contribution is 5.93. The Labute approximate surface area is 178 Å². The van der Waals surface area contributed by atoms with E-state index in [1.807, 2.05) is 52.8 Å². The van der Waals surface area contributed by atoms with Gasteiger partial charge < -0.3 is 14.6 Å². The van der Waals surface area contributed by atoms with Crippen LogP contribution in [0.2, 0.25) is 0 Å². The fourth-order valence-corrected chi connectivity index (χ4v) is 3.43. The van der Waals surface area contributed by atoms with Gasteiger partial charge in [0, 0.05) is 25.1 Å². The summed E-state index contributed by atoms with van der Waals surface area (Å²) in [6.07, 6.45) is 3.58. The normalized spacial score (nSPS) is 12.8. The predicted octanol–water partition coefficient (Wildman–Crippen LogP) is 4.02. The molecule has 30 heavy (non-hydrogen) atoms. The zero-order valence-electron chi connectivity index (χ0n) is 18.8. The molecule has 0 aliphatic heterocycles. The van der Waals surface area contributed by atoms with E-state index in [9.17, 15) is 4.79 Å². The molecule has 7 nitrogen and oxygen atoms in total. The van der Waals surface area contributed by atoms with Gasteiger partial charge in [-0.05, 0) is 50.5 Å². The van der Waals surface area contributed by atoms with Crippen molar-refractivity contribution in [3.8, 4) is 5.75 Å². The molecule has 1 unspecified atom stereocenters. The molecule has 3 aromatic rings. The Morgan fingerprint density at radius 1 is 1.20 bits per heavy atom. The van der Waals surface area contributed by atoms with Crippen LogP contribution in [0, 0.1) is 0 Å². The highest BCUT2D eigenvalue weighted by Gasteiger charge is 2.27. The minimum Gasteiger partial charge on any atom is -0.497 e.